The van der Waals surface area contributed by atoms with Crippen LogP contribution in [0.1, 0.15) is 30.4 Å². The van der Waals surface area contributed by atoms with Crippen LogP contribution < -0.4 is 15.7 Å². The smallest absolute Gasteiger partial charge is 0.339 e. The molecule has 1 aliphatic heterocycles. The lowest BCUT2D eigenvalue weighted by Gasteiger charge is -2.35. The van der Waals surface area contributed by atoms with Gasteiger partial charge in [-0.15, -0.1) is 0 Å². The maximum absolute atomic E-state index is 12.0. The van der Waals surface area contributed by atoms with Crippen LogP contribution in [0.2, 0.25) is 0 Å². The van der Waals surface area contributed by atoms with Gasteiger partial charge in [-0.05, 0) is 80.8 Å². The molecule has 2 heterocycles. The summed E-state index contributed by atoms with van der Waals surface area (Å²) in [5.74, 6) is 1.92. The highest BCUT2D eigenvalue weighted by molar-refractivity contribution is 5.83. The van der Waals surface area contributed by atoms with Gasteiger partial charge in [-0.25, -0.2) is 4.79 Å². The van der Waals surface area contributed by atoms with Crippen LogP contribution in [-0.2, 0) is 12.8 Å². The zero-order valence-electron chi connectivity index (χ0n) is 14.2. The van der Waals surface area contributed by atoms with E-state index in [0.29, 0.717) is 17.4 Å². The first-order chi connectivity index (χ1) is 12.2. The lowest BCUT2D eigenvalue weighted by Crippen LogP contribution is -2.42. The van der Waals surface area contributed by atoms with Crippen LogP contribution in [0.15, 0.2) is 27.4 Å². The molecule has 0 radical (unpaired) electrons. The molecule has 2 aromatic rings. The van der Waals surface area contributed by atoms with Crippen LogP contribution >= 0.6 is 0 Å². The van der Waals surface area contributed by atoms with Crippen LogP contribution in [0.4, 0.5) is 0 Å². The van der Waals surface area contributed by atoms with Crippen LogP contribution in [0.3, 0.4) is 0 Å². The van der Waals surface area contributed by atoms with Crippen molar-refractivity contribution in [2.75, 3.05) is 13.1 Å². The normalized spacial score (nSPS) is 31.1. The van der Waals surface area contributed by atoms with E-state index >= 15 is 0 Å². The first-order valence-corrected chi connectivity index (χ1v) is 9.33. The number of aliphatic hydroxyl groups is 1. The number of ether oxygens (including phenoxy) is 1. The van der Waals surface area contributed by atoms with Crippen molar-refractivity contribution in [3.05, 3.63) is 39.7 Å². The number of hydrogen-bond acceptors (Lipinski definition) is 5. The molecule has 5 rings (SSSR count). The molecule has 0 spiro atoms. The number of benzene rings is 1. The van der Waals surface area contributed by atoms with Crippen molar-refractivity contribution in [2.24, 2.45) is 11.8 Å². The maximum atomic E-state index is 12.0. The highest BCUT2D eigenvalue weighted by atomic mass is 16.5. The maximum Gasteiger partial charge on any atom is 0.339 e. The Morgan fingerprint density at radius 1 is 1.12 bits per heavy atom. The summed E-state index contributed by atoms with van der Waals surface area (Å²) in [4.78, 5) is 12.0. The molecule has 3 aliphatic rings. The van der Waals surface area contributed by atoms with E-state index in [0.717, 1.165) is 67.5 Å². The molecule has 0 amide bonds. The summed E-state index contributed by atoms with van der Waals surface area (Å²) >= 11 is 0. The van der Waals surface area contributed by atoms with Gasteiger partial charge in [-0.3, -0.25) is 0 Å². The SMILES string of the molecule is O=c1oc2ccc(O[C@@H]3C[C@@H]4CNC[C@@H]4C[C@H]3O)cc2c2c1CCC2. The van der Waals surface area contributed by atoms with Gasteiger partial charge in [0.05, 0.1) is 6.10 Å². The van der Waals surface area contributed by atoms with E-state index in [1.807, 2.05) is 18.2 Å². The molecule has 1 saturated heterocycles. The third-order valence-corrected chi connectivity index (χ3v) is 6.22. The average Bonchev–Trinajstić information content (AvgIpc) is 3.25. The minimum atomic E-state index is -0.420. The highest BCUT2D eigenvalue weighted by Crippen LogP contribution is 2.36. The second-order valence-corrected chi connectivity index (χ2v) is 7.73. The van der Waals surface area contributed by atoms with Crippen molar-refractivity contribution in [1.29, 1.82) is 0 Å². The molecule has 2 N–H and O–H groups in total. The molecule has 5 heteroatoms. The van der Waals surface area contributed by atoms with E-state index in [4.69, 9.17) is 9.15 Å². The van der Waals surface area contributed by atoms with E-state index in [1.54, 1.807) is 0 Å². The first kappa shape index (κ1) is 15.4. The second-order valence-electron chi connectivity index (χ2n) is 7.73. The zero-order chi connectivity index (χ0) is 17.0. The van der Waals surface area contributed by atoms with E-state index in [2.05, 4.69) is 5.32 Å². The largest absolute Gasteiger partial charge is 0.488 e. The Morgan fingerprint density at radius 3 is 2.80 bits per heavy atom. The minimum absolute atomic E-state index is 0.164. The summed E-state index contributed by atoms with van der Waals surface area (Å²) < 4.78 is 11.6. The van der Waals surface area contributed by atoms with Crippen molar-refractivity contribution in [3.63, 3.8) is 0 Å². The molecule has 1 aromatic heterocycles. The molecule has 0 unspecified atom stereocenters. The van der Waals surface area contributed by atoms with E-state index in [1.165, 1.54) is 0 Å². The monoisotopic (exact) mass is 341 g/mol. The predicted molar refractivity (Wildman–Crippen MR) is 94.0 cm³/mol. The molecule has 2 fully saturated rings. The van der Waals surface area contributed by atoms with Gasteiger partial charge in [-0.2, -0.15) is 0 Å². The first-order valence-electron chi connectivity index (χ1n) is 9.33. The summed E-state index contributed by atoms with van der Waals surface area (Å²) in [6.07, 6.45) is 3.83. The Kier molecular flexibility index (Phi) is 3.61. The molecule has 1 aromatic carbocycles. The van der Waals surface area contributed by atoms with Gasteiger partial charge in [0.15, 0.2) is 0 Å². The van der Waals surface area contributed by atoms with Crippen molar-refractivity contribution in [3.8, 4) is 5.75 Å². The standard InChI is InChI=1S/C20H23NO4/c22-17-6-11-9-21-10-12(11)7-19(17)24-13-4-5-18-16(8-13)14-2-1-3-15(14)20(23)25-18/h4-5,8,11-12,17,19,21-22H,1-3,6-7,9-10H2/t11-,12+,17+,19+/m0/s1. The van der Waals surface area contributed by atoms with Crippen molar-refractivity contribution < 1.29 is 14.3 Å². The van der Waals surface area contributed by atoms with Crippen molar-refractivity contribution in [2.45, 2.75) is 44.3 Å². The molecule has 132 valence electrons. The Labute approximate surface area is 146 Å². The molecule has 4 atom stereocenters. The summed E-state index contributed by atoms with van der Waals surface area (Å²) in [5.41, 5.74) is 2.36. The Balaban J connectivity index is 1.45. The van der Waals surface area contributed by atoms with Crippen molar-refractivity contribution >= 4 is 11.0 Å². The molecular formula is C20H23NO4. The van der Waals surface area contributed by atoms with Crippen LogP contribution in [0.25, 0.3) is 11.0 Å². The number of hydrogen-bond donors (Lipinski definition) is 2. The molecule has 0 bridgehead atoms. The summed E-state index contributed by atoms with van der Waals surface area (Å²) in [6.45, 7) is 2.03. The molecule has 5 nitrogen and oxygen atoms in total. The van der Waals surface area contributed by atoms with E-state index in [9.17, 15) is 9.90 Å². The van der Waals surface area contributed by atoms with Gasteiger partial charge in [-0.1, -0.05) is 0 Å². The lowest BCUT2D eigenvalue weighted by atomic mass is 9.78. The third-order valence-electron chi connectivity index (χ3n) is 6.22. The van der Waals surface area contributed by atoms with Gasteiger partial charge < -0.3 is 19.6 Å². The molecule has 1 saturated carbocycles. The number of aryl methyl sites for hydroxylation is 1. The van der Waals surface area contributed by atoms with Gasteiger partial charge in [0.25, 0.3) is 0 Å². The topological polar surface area (TPSA) is 71.7 Å². The average molecular weight is 341 g/mol. The van der Waals surface area contributed by atoms with Gasteiger partial charge in [0.1, 0.15) is 17.4 Å². The zero-order valence-corrected chi connectivity index (χ0v) is 14.2. The fraction of sp³-hybridized carbons (Fsp3) is 0.550. The summed E-state index contributed by atoms with van der Waals surface area (Å²) in [6, 6.07) is 5.65. The highest BCUT2D eigenvalue weighted by Gasteiger charge is 2.39. The minimum Gasteiger partial charge on any atom is -0.488 e. The number of aliphatic hydroxyl groups excluding tert-OH is 1. The van der Waals surface area contributed by atoms with Crippen LogP contribution in [-0.4, -0.2) is 30.4 Å². The van der Waals surface area contributed by atoms with Crippen LogP contribution in [0, 0.1) is 11.8 Å². The molecule has 2 aliphatic carbocycles. The van der Waals surface area contributed by atoms with Gasteiger partial charge in [0.2, 0.25) is 0 Å². The number of fused-ring (bicyclic) bond motifs is 4. The molecule has 25 heavy (non-hydrogen) atoms. The van der Waals surface area contributed by atoms with Gasteiger partial charge >= 0.3 is 5.63 Å². The number of nitrogens with one attached hydrogen (secondary N) is 1. The van der Waals surface area contributed by atoms with Crippen molar-refractivity contribution in [1.82, 2.24) is 5.32 Å². The lowest BCUT2D eigenvalue weighted by molar-refractivity contribution is -0.0231. The summed E-state index contributed by atoms with van der Waals surface area (Å²) in [7, 11) is 0. The second kappa shape index (κ2) is 5.85. The Morgan fingerprint density at radius 2 is 1.92 bits per heavy atom. The fourth-order valence-corrected chi connectivity index (χ4v) is 4.89. The molecular weight excluding hydrogens is 318 g/mol. The number of rotatable bonds is 2. The quantitative estimate of drug-likeness (QED) is 0.818. The third kappa shape index (κ3) is 2.57. The van der Waals surface area contributed by atoms with E-state index in [-0.39, 0.29) is 11.7 Å². The summed E-state index contributed by atoms with van der Waals surface area (Å²) in [5, 5.41) is 14.9. The Bertz CT molecular complexity index is 874. The van der Waals surface area contributed by atoms with Gasteiger partial charge in [0, 0.05) is 10.9 Å². The van der Waals surface area contributed by atoms with E-state index < -0.39 is 6.10 Å². The fourth-order valence-electron chi connectivity index (χ4n) is 4.89. The van der Waals surface area contributed by atoms with Crippen LogP contribution in [0.5, 0.6) is 5.75 Å². The predicted octanol–water partition coefficient (Wildman–Crippen LogP) is 2.02. The Hall–Kier alpha value is -1.85.